The second-order valence-corrected chi connectivity index (χ2v) is 4.71. The van der Waals surface area contributed by atoms with E-state index in [-0.39, 0.29) is 5.56 Å². The summed E-state index contributed by atoms with van der Waals surface area (Å²) in [6.45, 7) is 11.6. The molecule has 0 aliphatic rings. The van der Waals surface area contributed by atoms with Gasteiger partial charge in [0.2, 0.25) is 0 Å². The number of nitrogens with one attached hydrogen (secondary N) is 1. The van der Waals surface area contributed by atoms with Gasteiger partial charge >= 0.3 is 0 Å². The fraction of sp³-hybridized carbons (Fsp3) is 0.714. The molecule has 0 radical (unpaired) electrons. The fourth-order valence-corrected chi connectivity index (χ4v) is 1.91. The summed E-state index contributed by atoms with van der Waals surface area (Å²) >= 11 is 0. The summed E-state index contributed by atoms with van der Waals surface area (Å²) in [5.41, 5.74) is 0.872. The summed E-state index contributed by atoms with van der Waals surface area (Å²) in [4.78, 5) is 14.1. The van der Waals surface area contributed by atoms with Gasteiger partial charge in [0, 0.05) is 31.7 Å². The van der Waals surface area contributed by atoms with E-state index < -0.39 is 0 Å². The molecule has 1 aromatic rings. The monoisotopic (exact) mass is 266 g/mol. The molecule has 0 saturated heterocycles. The van der Waals surface area contributed by atoms with Crippen LogP contribution in [0, 0.1) is 0 Å². The quantitative estimate of drug-likeness (QED) is 0.774. The standard InChI is InChI=1S/C14H26N4O/c1-5-12(4)15-8-9-18-14(19)10-13(11-16-18)17(6-2)7-3/h10-12,15H,5-9H2,1-4H3. The van der Waals surface area contributed by atoms with Crippen LogP contribution >= 0.6 is 0 Å². The SMILES string of the molecule is CCC(C)NCCn1ncc(N(CC)CC)cc1=O. The van der Waals surface area contributed by atoms with Crippen molar-refractivity contribution in [3.63, 3.8) is 0 Å². The van der Waals surface area contributed by atoms with Crippen molar-refractivity contribution in [2.24, 2.45) is 0 Å². The van der Waals surface area contributed by atoms with Gasteiger partial charge in [-0.25, -0.2) is 4.68 Å². The van der Waals surface area contributed by atoms with Gasteiger partial charge in [-0.2, -0.15) is 5.10 Å². The molecular weight excluding hydrogens is 240 g/mol. The van der Waals surface area contributed by atoms with E-state index in [1.807, 2.05) is 0 Å². The first-order valence-electron chi connectivity index (χ1n) is 7.17. The maximum Gasteiger partial charge on any atom is 0.268 e. The minimum absolute atomic E-state index is 0.0321. The Bertz CT molecular complexity index is 426. The lowest BCUT2D eigenvalue weighted by atomic mass is 10.3. The predicted molar refractivity (Wildman–Crippen MR) is 79.8 cm³/mol. The Morgan fingerprint density at radius 3 is 2.58 bits per heavy atom. The number of hydrogen-bond donors (Lipinski definition) is 1. The highest BCUT2D eigenvalue weighted by Gasteiger charge is 2.05. The lowest BCUT2D eigenvalue weighted by Crippen LogP contribution is -2.33. The largest absolute Gasteiger partial charge is 0.371 e. The van der Waals surface area contributed by atoms with Crippen LogP contribution in [0.4, 0.5) is 5.69 Å². The molecule has 108 valence electrons. The second-order valence-electron chi connectivity index (χ2n) is 4.71. The Morgan fingerprint density at radius 2 is 2.05 bits per heavy atom. The average molecular weight is 266 g/mol. The summed E-state index contributed by atoms with van der Waals surface area (Å²) in [7, 11) is 0. The van der Waals surface area contributed by atoms with E-state index >= 15 is 0 Å². The number of hydrogen-bond acceptors (Lipinski definition) is 4. The van der Waals surface area contributed by atoms with Crippen LogP contribution in [0.3, 0.4) is 0 Å². The summed E-state index contributed by atoms with van der Waals surface area (Å²) in [6, 6.07) is 2.15. The van der Waals surface area contributed by atoms with E-state index in [1.165, 1.54) is 4.68 Å². The molecule has 0 aliphatic heterocycles. The first-order valence-corrected chi connectivity index (χ1v) is 7.17. The van der Waals surface area contributed by atoms with E-state index in [2.05, 4.69) is 43.0 Å². The highest BCUT2D eigenvalue weighted by atomic mass is 16.1. The zero-order chi connectivity index (χ0) is 14.3. The molecule has 5 nitrogen and oxygen atoms in total. The molecule has 1 aromatic heterocycles. The topological polar surface area (TPSA) is 50.2 Å². The first kappa shape index (κ1) is 15.7. The Balaban J connectivity index is 2.65. The maximum atomic E-state index is 12.0. The van der Waals surface area contributed by atoms with E-state index in [0.29, 0.717) is 12.6 Å². The molecule has 1 atom stereocenters. The van der Waals surface area contributed by atoms with Gasteiger partial charge in [0.05, 0.1) is 18.4 Å². The van der Waals surface area contributed by atoms with Crippen LogP contribution in [-0.4, -0.2) is 35.5 Å². The van der Waals surface area contributed by atoms with E-state index in [4.69, 9.17) is 0 Å². The molecule has 0 aromatic carbocycles. The molecular formula is C14H26N4O. The molecule has 1 unspecified atom stereocenters. The Kier molecular flexibility index (Phi) is 6.56. The van der Waals surface area contributed by atoms with Crippen LogP contribution in [0.15, 0.2) is 17.1 Å². The summed E-state index contributed by atoms with van der Waals surface area (Å²) in [6.07, 6.45) is 2.86. The van der Waals surface area contributed by atoms with Crippen LogP contribution in [0.25, 0.3) is 0 Å². The van der Waals surface area contributed by atoms with Gasteiger partial charge in [0.1, 0.15) is 0 Å². The van der Waals surface area contributed by atoms with Gasteiger partial charge in [-0.3, -0.25) is 4.79 Å². The van der Waals surface area contributed by atoms with Crippen molar-refractivity contribution < 1.29 is 0 Å². The van der Waals surface area contributed by atoms with E-state index in [9.17, 15) is 4.79 Å². The van der Waals surface area contributed by atoms with Gasteiger partial charge in [0.15, 0.2) is 0 Å². The van der Waals surface area contributed by atoms with Gasteiger partial charge < -0.3 is 10.2 Å². The minimum Gasteiger partial charge on any atom is -0.371 e. The van der Waals surface area contributed by atoms with Gasteiger partial charge in [0.25, 0.3) is 5.56 Å². The summed E-state index contributed by atoms with van der Waals surface area (Å²) in [5, 5.41) is 7.60. The van der Waals surface area contributed by atoms with Gasteiger partial charge in [-0.15, -0.1) is 0 Å². The van der Waals surface area contributed by atoms with Crippen LogP contribution < -0.4 is 15.8 Å². The zero-order valence-corrected chi connectivity index (χ0v) is 12.5. The molecule has 0 bridgehead atoms. The first-order chi connectivity index (χ1) is 9.12. The van der Waals surface area contributed by atoms with Crippen LogP contribution in [0.1, 0.15) is 34.1 Å². The van der Waals surface area contributed by atoms with Crippen molar-refractivity contribution in [3.8, 4) is 0 Å². The molecule has 5 heteroatoms. The Labute approximate surface area is 115 Å². The molecule has 1 N–H and O–H groups in total. The van der Waals surface area contributed by atoms with Crippen molar-refractivity contribution in [2.75, 3.05) is 24.5 Å². The van der Waals surface area contributed by atoms with Crippen LogP contribution in [-0.2, 0) is 6.54 Å². The van der Waals surface area contributed by atoms with E-state index in [1.54, 1.807) is 12.3 Å². The third-order valence-electron chi connectivity index (χ3n) is 3.41. The zero-order valence-electron chi connectivity index (χ0n) is 12.5. The third-order valence-corrected chi connectivity index (χ3v) is 3.41. The maximum absolute atomic E-state index is 12.0. The summed E-state index contributed by atoms with van der Waals surface area (Å²) < 4.78 is 1.52. The number of aromatic nitrogens is 2. The molecule has 0 amide bonds. The summed E-state index contributed by atoms with van der Waals surface area (Å²) in [5.74, 6) is 0. The van der Waals surface area contributed by atoms with Crippen molar-refractivity contribution in [2.45, 2.75) is 46.7 Å². The minimum atomic E-state index is -0.0321. The molecule has 0 spiro atoms. The van der Waals surface area contributed by atoms with Crippen molar-refractivity contribution in [1.29, 1.82) is 0 Å². The van der Waals surface area contributed by atoms with Crippen LogP contribution in [0.2, 0.25) is 0 Å². The number of nitrogens with zero attached hydrogens (tertiary/aromatic N) is 3. The molecule has 0 saturated carbocycles. The lowest BCUT2D eigenvalue weighted by Gasteiger charge is -2.20. The number of rotatable bonds is 8. The van der Waals surface area contributed by atoms with Crippen LogP contribution in [0.5, 0.6) is 0 Å². The molecule has 19 heavy (non-hydrogen) atoms. The van der Waals surface area contributed by atoms with E-state index in [0.717, 1.165) is 31.7 Å². The highest BCUT2D eigenvalue weighted by Crippen LogP contribution is 2.07. The molecule has 1 rings (SSSR count). The Morgan fingerprint density at radius 1 is 1.37 bits per heavy atom. The third kappa shape index (κ3) is 4.67. The second kappa shape index (κ2) is 7.94. The molecule has 0 fully saturated rings. The highest BCUT2D eigenvalue weighted by molar-refractivity contribution is 5.42. The number of anilines is 1. The van der Waals surface area contributed by atoms with Crippen molar-refractivity contribution in [3.05, 3.63) is 22.6 Å². The van der Waals surface area contributed by atoms with Gasteiger partial charge in [-0.05, 0) is 27.2 Å². The van der Waals surface area contributed by atoms with Gasteiger partial charge in [-0.1, -0.05) is 6.92 Å². The normalized spacial score (nSPS) is 12.4. The molecule has 0 aliphatic carbocycles. The van der Waals surface area contributed by atoms with Crippen molar-refractivity contribution >= 4 is 5.69 Å². The molecule has 1 heterocycles. The lowest BCUT2D eigenvalue weighted by molar-refractivity contribution is 0.476. The Hall–Kier alpha value is -1.36. The van der Waals surface area contributed by atoms with Crippen molar-refractivity contribution in [1.82, 2.24) is 15.1 Å². The fourth-order valence-electron chi connectivity index (χ4n) is 1.91. The smallest absolute Gasteiger partial charge is 0.268 e. The predicted octanol–water partition coefficient (Wildman–Crippen LogP) is 1.48. The average Bonchev–Trinajstić information content (AvgIpc) is 2.42.